The second-order valence-corrected chi connectivity index (χ2v) is 8.39. The number of carbonyl (C=O) groups excluding carboxylic acids is 2. The molecule has 13 nitrogen and oxygen atoms in total. The number of hydrogen-bond acceptors (Lipinski definition) is 13. The summed E-state index contributed by atoms with van der Waals surface area (Å²) in [4.78, 5) is 23.6. The van der Waals surface area contributed by atoms with Crippen LogP contribution in [0.1, 0.15) is 20.3 Å². The first-order valence-corrected chi connectivity index (χ1v) is 10.5. The number of rotatable bonds is 6. The largest absolute Gasteiger partial charge is 0.508 e. The van der Waals surface area contributed by atoms with Crippen molar-refractivity contribution in [3.8, 4) is 0 Å². The SMILES string of the molecule is CCOC(=O)OC[C@H]1O[C@@H](O[C@@H]2OC=C(C(=O)OC)[C@@H]3[C@H]2[C@@](C)(O)C[C@H]3O)[C@H](O)[C@@H](O)[C@@H]1O. The Morgan fingerprint density at radius 2 is 1.82 bits per heavy atom. The molecule has 2 aliphatic heterocycles. The smallest absolute Gasteiger partial charge is 0.471 e. The third-order valence-corrected chi connectivity index (χ3v) is 6.11. The van der Waals surface area contributed by atoms with Crippen molar-refractivity contribution in [3.05, 3.63) is 11.8 Å². The zero-order chi connectivity index (χ0) is 24.5. The molecule has 3 aliphatic rings. The maximum absolute atomic E-state index is 12.1. The van der Waals surface area contributed by atoms with Crippen LogP contribution in [0.5, 0.6) is 0 Å². The van der Waals surface area contributed by atoms with Gasteiger partial charge in [0.2, 0.25) is 6.29 Å². The Balaban J connectivity index is 1.78. The highest BCUT2D eigenvalue weighted by atomic mass is 16.8. The summed E-state index contributed by atoms with van der Waals surface area (Å²) in [5.41, 5.74) is -1.53. The van der Waals surface area contributed by atoms with Crippen molar-refractivity contribution in [1.82, 2.24) is 0 Å². The van der Waals surface area contributed by atoms with Crippen molar-refractivity contribution in [1.29, 1.82) is 0 Å². The van der Waals surface area contributed by atoms with E-state index in [1.165, 1.54) is 6.92 Å². The van der Waals surface area contributed by atoms with Crippen molar-refractivity contribution in [2.24, 2.45) is 11.8 Å². The summed E-state index contributed by atoms with van der Waals surface area (Å²) in [7, 11) is 1.16. The molecular formula is C20H30O13. The molecule has 0 bridgehead atoms. The van der Waals surface area contributed by atoms with Crippen molar-refractivity contribution in [2.45, 2.75) is 69.0 Å². The number of esters is 1. The van der Waals surface area contributed by atoms with Gasteiger partial charge in [0.15, 0.2) is 6.29 Å². The summed E-state index contributed by atoms with van der Waals surface area (Å²) >= 11 is 0. The molecule has 13 heteroatoms. The number of ether oxygens (including phenoxy) is 6. The molecule has 0 aromatic carbocycles. The minimum Gasteiger partial charge on any atom is -0.471 e. The van der Waals surface area contributed by atoms with E-state index in [1.807, 2.05) is 0 Å². The molecule has 1 aliphatic carbocycles. The second kappa shape index (κ2) is 10.1. The van der Waals surface area contributed by atoms with Crippen molar-refractivity contribution in [3.63, 3.8) is 0 Å². The molecule has 2 fully saturated rings. The van der Waals surface area contributed by atoms with Gasteiger partial charge in [-0.2, -0.15) is 0 Å². The minimum atomic E-state index is -1.73. The molecule has 10 atom stereocenters. The van der Waals surface area contributed by atoms with Crippen LogP contribution in [0.3, 0.4) is 0 Å². The van der Waals surface area contributed by atoms with Crippen LogP contribution < -0.4 is 0 Å². The topological polar surface area (TPSA) is 191 Å². The summed E-state index contributed by atoms with van der Waals surface area (Å²) in [5, 5.41) is 52.2. The van der Waals surface area contributed by atoms with Gasteiger partial charge in [0.25, 0.3) is 0 Å². The molecule has 2 heterocycles. The van der Waals surface area contributed by atoms with Gasteiger partial charge in [0, 0.05) is 12.3 Å². The molecule has 0 radical (unpaired) electrons. The average Bonchev–Trinajstić information content (AvgIpc) is 3.02. The van der Waals surface area contributed by atoms with Gasteiger partial charge in [-0.15, -0.1) is 0 Å². The normalized spacial score (nSPS) is 42.5. The van der Waals surface area contributed by atoms with Crippen LogP contribution in [-0.4, -0.2) is 107 Å². The van der Waals surface area contributed by atoms with Crippen LogP contribution in [0.4, 0.5) is 4.79 Å². The molecule has 0 unspecified atom stereocenters. The number of hydrogen-bond donors (Lipinski definition) is 5. The summed E-state index contributed by atoms with van der Waals surface area (Å²) in [6.07, 6.45) is -10.4. The maximum atomic E-state index is 12.1. The first-order valence-electron chi connectivity index (χ1n) is 10.5. The molecule has 0 aromatic rings. The molecular weight excluding hydrogens is 448 g/mol. The van der Waals surface area contributed by atoms with Gasteiger partial charge in [-0.05, 0) is 13.8 Å². The zero-order valence-corrected chi connectivity index (χ0v) is 18.4. The Labute approximate surface area is 189 Å². The molecule has 3 rings (SSSR count). The van der Waals surface area contributed by atoms with Crippen LogP contribution in [0.15, 0.2) is 11.8 Å². The highest BCUT2D eigenvalue weighted by molar-refractivity contribution is 5.89. The number of methoxy groups -OCH3 is 1. The monoisotopic (exact) mass is 478 g/mol. The second-order valence-electron chi connectivity index (χ2n) is 8.39. The predicted octanol–water partition coefficient (Wildman–Crippen LogP) is -1.86. The number of fused-ring (bicyclic) bond motifs is 1. The Bertz CT molecular complexity index is 752. The first kappa shape index (κ1) is 25.6. The van der Waals surface area contributed by atoms with E-state index in [4.69, 9.17) is 23.7 Å². The van der Waals surface area contributed by atoms with Gasteiger partial charge in [0.05, 0.1) is 43.2 Å². The minimum absolute atomic E-state index is 0.00825. The van der Waals surface area contributed by atoms with Crippen LogP contribution in [0.25, 0.3) is 0 Å². The number of aliphatic hydroxyl groups is 5. The van der Waals surface area contributed by atoms with E-state index in [1.54, 1.807) is 6.92 Å². The van der Waals surface area contributed by atoms with Gasteiger partial charge in [-0.1, -0.05) is 0 Å². The quantitative estimate of drug-likeness (QED) is 0.267. The lowest BCUT2D eigenvalue weighted by Gasteiger charge is -2.44. The molecule has 0 spiro atoms. The van der Waals surface area contributed by atoms with Gasteiger partial charge in [-0.25, -0.2) is 9.59 Å². The van der Waals surface area contributed by atoms with E-state index in [0.29, 0.717) is 0 Å². The van der Waals surface area contributed by atoms with Gasteiger partial charge in [-0.3, -0.25) is 0 Å². The molecule has 0 amide bonds. The summed E-state index contributed by atoms with van der Waals surface area (Å²) in [6.45, 7) is 2.57. The lowest BCUT2D eigenvalue weighted by molar-refractivity contribution is -0.346. The van der Waals surface area contributed by atoms with E-state index >= 15 is 0 Å². The molecule has 33 heavy (non-hydrogen) atoms. The highest BCUT2D eigenvalue weighted by Gasteiger charge is 2.59. The van der Waals surface area contributed by atoms with Crippen LogP contribution >= 0.6 is 0 Å². The molecule has 5 N–H and O–H groups in total. The van der Waals surface area contributed by atoms with Crippen LogP contribution in [-0.2, 0) is 33.2 Å². The lowest BCUT2D eigenvalue weighted by Crippen LogP contribution is -2.61. The Morgan fingerprint density at radius 3 is 2.45 bits per heavy atom. The average molecular weight is 478 g/mol. The number of carbonyl (C=O) groups is 2. The fraction of sp³-hybridized carbons (Fsp3) is 0.800. The third kappa shape index (κ3) is 5.09. The lowest BCUT2D eigenvalue weighted by atomic mass is 9.80. The Morgan fingerprint density at radius 1 is 1.12 bits per heavy atom. The molecule has 0 aromatic heterocycles. The van der Waals surface area contributed by atoms with Crippen molar-refractivity contribution < 1.29 is 63.5 Å². The Kier molecular flexibility index (Phi) is 7.84. The maximum Gasteiger partial charge on any atom is 0.508 e. The summed E-state index contributed by atoms with van der Waals surface area (Å²) in [6, 6.07) is 0. The summed E-state index contributed by atoms with van der Waals surface area (Å²) in [5.74, 6) is -2.62. The van der Waals surface area contributed by atoms with Gasteiger partial charge in [0.1, 0.15) is 31.0 Å². The van der Waals surface area contributed by atoms with Crippen molar-refractivity contribution in [2.75, 3.05) is 20.3 Å². The Hall–Kier alpha value is -2.00. The van der Waals surface area contributed by atoms with E-state index in [-0.39, 0.29) is 18.6 Å². The molecule has 1 saturated carbocycles. The van der Waals surface area contributed by atoms with Crippen LogP contribution in [0.2, 0.25) is 0 Å². The fourth-order valence-electron chi connectivity index (χ4n) is 4.51. The van der Waals surface area contributed by atoms with Crippen molar-refractivity contribution >= 4 is 12.1 Å². The van der Waals surface area contributed by atoms with Crippen LogP contribution in [0, 0.1) is 11.8 Å². The number of aliphatic hydroxyl groups excluding tert-OH is 4. The van der Waals surface area contributed by atoms with Gasteiger partial charge < -0.3 is 54.0 Å². The highest BCUT2D eigenvalue weighted by Crippen LogP contribution is 2.49. The molecule has 1 saturated heterocycles. The van der Waals surface area contributed by atoms with E-state index in [0.717, 1.165) is 13.4 Å². The fourth-order valence-corrected chi connectivity index (χ4v) is 4.51. The van der Waals surface area contributed by atoms with E-state index in [9.17, 15) is 35.1 Å². The van der Waals surface area contributed by atoms with E-state index in [2.05, 4.69) is 4.74 Å². The van der Waals surface area contributed by atoms with Gasteiger partial charge >= 0.3 is 12.1 Å². The molecule has 188 valence electrons. The standard InChI is InChI=1S/C20H30O13/c1-4-29-19(26)31-7-10-13(22)14(23)15(24)18(32-10)33-17-12-11(9(21)5-20(12,2)27)8(6-30-17)16(25)28-3/h6,9-15,17-18,21-24,27H,4-5,7H2,1-3H3/t9-,10-,11+,12-,13-,14+,15-,17+,18+,20+/m1/s1. The summed E-state index contributed by atoms with van der Waals surface area (Å²) < 4.78 is 30.9. The third-order valence-electron chi connectivity index (χ3n) is 6.11. The zero-order valence-electron chi connectivity index (χ0n) is 18.4. The predicted molar refractivity (Wildman–Crippen MR) is 104 cm³/mol. The first-order chi connectivity index (χ1) is 15.5. The van der Waals surface area contributed by atoms with E-state index < -0.39 is 79.3 Å².